The van der Waals surface area contributed by atoms with Gasteiger partial charge >= 0.3 is 18.1 Å². The number of carbonyl (C=O) groups excluding carboxylic acids is 3. The molecule has 3 atom stereocenters. The van der Waals surface area contributed by atoms with E-state index in [1.54, 1.807) is 55.5 Å². The molecule has 1 amide bonds. The maximum absolute atomic E-state index is 13.7. The predicted molar refractivity (Wildman–Crippen MR) is 134 cm³/mol. The Labute approximate surface area is 227 Å². The Morgan fingerprint density at radius 2 is 1.85 bits per heavy atom. The summed E-state index contributed by atoms with van der Waals surface area (Å²) in [5.41, 5.74) is -0.334. The number of alkyl halides is 3. The minimum Gasteiger partial charge on any atom is -0.493 e. The van der Waals surface area contributed by atoms with E-state index in [0.717, 1.165) is 6.08 Å². The number of likely N-dealkylation sites (tertiary alicyclic amines) is 1. The van der Waals surface area contributed by atoms with Gasteiger partial charge in [-0.15, -0.1) is 0 Å². The van der Waals surface area contributed by atoms with Crippen LogP contribution in [0.5, 0.6) is 11.5 Å². The second-order valence-corrected chi connectivity index (χ2v) is 9.77. The maximum Gasteiger partial charge on any atom is 0.471 e. The summed E-state index contributed by atoms with van der Waals surface area (Å²) in [5, 5.41) is 0. The van der Waals surface area contributed by atoms with Crippen molar-refractivity contribution in [2.75, 3.05) is 20.4 Å². The fourth-order valence-electron chi connectivity index (χ4n) is 5.27. The van der Waals surface area contributed by atoms with E-state index >= 15 is 0 Å². The van der Waals surface area contributed by atoms with E-state index in [0.29, 0.717) is 27.5 Å². The highest BCUT2D eigenvalue weighted by atomic mass is 19.4. The Hall–Kier alpha value is -4.28. The molecule has 0 spiro atoms. The minimum atomic E-state index is -5.15. The molecule has 0 bridgehead atoms. The summed E-state index contributed by atoms with van der Waals surface area (Å²) < 4.78 is 63.1. The van der Waals surface area contributed by atoms with E-state index in [1.165, 1.54) is 13.2 Å². The lowest BCUT2D eigenvalue weighted by molar-refractivity contribution is -0.190. The number of hydrogen-bond donors (Lipinski definition) is 0. The van der Waals surface area contributed by atoms with Gasteiger partial charge in [0, 0.05) is 24.6 Å². The summed E-state index contributed by atoms with van der Waals surface area (Å²) >= 11 is 0. The highest BCUT2D eigenvalue weighted by Gasteiger charge is 2.54. The average Bonchev–Trinajstić information content (AvgIpc) is 3.40. The van der Waals surface area contributed by atoms with Crippen LogP contribution in [0.1, 0.15) is 30.4 Å². The second kappa shape index (κ2) is 10.4. The molecule has 0 N–H and O–H groups in total. The number of piperidine rings is 1. The van der Waals surface area contributed by atoms with E-state index < -0.39 is 41.4 Å². The molecule has 2 aliphatic heterocycles. The number of ketones is 1. The normalized spacial score (nSPS) is 22.6. The van der Waals surface area contributed by atoms with Crippen molar-refractivity contribution in [3.05, 3.63) is 83.1 Å². The zero-order valence-electron chi connectivity index (χ0n) is 21.7. The number of rotatable bonds is 6. The molecule has 2 aromatic carbocycles. The molecule has 0 saturated carbocycles. The summed E-state index contributed by atoms with van der Waals surface area (Å²) in [6, 6.07) is 12.5. The molecule has 0 radical (unpaired) electrons. The first-order valence-electron chi connectivity index (χ1n) is 12.6. The molecule has 2 aromatic rings. The predicted octanol–water partition coefficient (Wildman–Crippen LogP) is 4.25. The van der Waals surface area contributed by atoms with Gasteiger partial charge in [0.15, 0.2) is 22.9 Å². The van der Waals surface area contributed by atoms with Crippen molar-refractivity contribution >= 4 is 17.7 Å². The lowest BCUT2D eigenvalue weighted by Gasteiger charge is -2.48. The number of benzene rings is 2. The zero-order chi connectivity index (χ0) is 28.7. The number of ether oxygens (including phenoxy) is 4. The number of halogens is 3. The fourth-order valence-corrected chi connectivity index (χ4v) is 5.27. The third kappa shape index (κ3) is 5.03. The van der Waals surface area contributed by atoms with E-state index in [2.05, 4.69) is 0 Å². The average molecular weight is 558 g/mol. The molecule has 8 nitrogen and oxygen atoms in total. The topological polar surface area (TPSA) is 91.4 Å². The molecule has 40 heavy (non-hydrogen) atoms. The van der Waals surface area contributed by atoms with Gasteiger partial charge in [-0.3, -0.25) is 14.4 Å². The number of amides is 1. The second-order valence-electron chi connectivity index (χ2n) is 9.77. The van der Waals surface area contributed by atoms with Crippen LogP contribution >= 0.6 is 0 Å². The first-order chi connectivity index (χ1) is 19.0. The summed E-state index contributed by atoms with van der Waals surface area (Å²) in [4.78, 5) is 39.6. The van der Waals surface area contributed by atoms with Crippen molar-refractivity contribution in [2.24, 2.45) is 0 Å². The number of carbonyl (C=O) groups is 3. The van der Waals surface area contributed by atoms with Crippen LogP contribution in [0.3, 0.4) is 0 Å². The van der Waals surface area contributed by atoms with Gasteiger partial charge in [0.1, 0.15) is 0 Å². The van der Waals surface area contributed by atoms with Crippen LogP contribution in [0.25, 0.3) is 0 Å². The number of allylic oxidation sites excluding steroid dienone is 1. The third-order valence-corrected chi connectivity index (χ3v) is 7.37. The zero-order valence-corrected chi connectivity index (χ0v) is 21.7. The SMILES string of the molecule is COC1=C[C@]2(OC(=O)[C@@H](C)c3ccccc3)CCN(C(=O)C(F)(F)F)[C@H](Cc3ccc4c(c3)OCO4)C2=CC1=O. The van der Waals surface area contributed by atoms with Crippen molar-refractivity contribution in [1.82, 2.24) is 4.90 Å². The van der Waals surface area contributed by atoms with Crippen LogP contribution in [-0.2, 0) is 30.3 Å². The van der Waals surface area contributed by atoms with E-state index in [4.69, 9.17) is 18.9 Å². The first-order valence-corrected chi connectivity index (χ1v) is 12.6. The third-order valence-electron chi connectivity index (χ3n) is 7.37. The molecule has 1 saturated heterocycles. The molecule has 3 aliphatic rings. The smallest absolute Gasteiger partial charge is 0.471 e. The lowest BCUT2D eigenvalue weighted by Crippen LogP contribution is -2.59. The molecule has 0 unspecified atom stereocenters. The van der Waals surface area contributed by atoms with Gasteiger partial charge < -0.3 is 23.8 Å². The van der Waals surface area contributed by atoms with Gasteiger partial charge in [-0.05, 0) is 42.7 Å². The minimum absolute atomic E-state index is 0.00378. The first kappa shape index (κ1) is 27.3. The molecular formula is C29H26F3NO7. The highest BCUT2D eigenvalue weighted by Crippen LogP contribution is 2.44. The van der Waals surface area contributed by atoms with Gasteiger partial charge in [-0.1, -0.05) is 36.4 Å². The van der Waals surface area contributed by atoms with E-state index in [9.17, 15) is 27.6 Å². The number of fused-ring (bicyclic) bond motifs is 2. The molecule has 0 aromatic heterocycles. The van der Waals surface area contributed by atoms with Crippen molar-refractivity contribution in [2.45, 2.75) is 43.5 Å². The molecule has 210 valence electrons. The van der Waals surface area contributed by atoms with Crippen LogP contribution in [0.2, 0.25) is 0 Å². The quantitative estimate of drug-likeness (QED) is 0.491. The number of esters is 1. The summed E-state index contributed by atoms with van der Waals surface area (Å²) in [6.07, 6.45) is -3.01. The molecule has 5 rings (SSSR count). The standard InChI is InChI=1S/C29H26F3NO7/c1-17(19-6-4-3-5-7-19)26(35)40-28-10-11-33(27(36)29(30,31)32)21(20(28)14-22(34)25(15-28)37-2)12-18-8-9-23-24(13-18)39-16-38-23/h3-9,13-15,17,21H,10-12,16H2,1-2H3/t17-,21+,28+/m0/s1. The van der Waals surface area contributed by atoms with Crippen molar-refractivity contribution < 1.29 is 46.5 Å². The van der Waals surface area contributed by atoms with Gasteiger partial charge in [0.05, 0.1) is 19.1 Å². The monoisotopic (exact) mass is 557 g/mol. The Balaban J connectivity index is 1.56. The highest BCUT2D eigenvalue weighted by molar-refractivity contribution is 6.05. The molecule has 11 heteroatoms. The Bertz CT molecular complexity index is 1400. The van der Waals surface area contributed by atoms with E-state index in [1.807, 2.05) is 0 Å². The summed E-state index contributed by atoms with van der Waals surface area (Å²) in [7, 11) is 1.27. The van der Waals surface area contributed by atoms with Gasteiger partial charge in [-0.2, -0.15) is 13.2 Å². The van der Waals surface area contributed by atoms with Crippen LogP contribution in [0.4, 0.5) is 13.2 Å². The van der Waals surface area contributed by atoms with Crippen molar-refractivity contribution in [3.63, 3.8) is 0 Å². The molecule has 2 heterocycles. The fraction of sp³-hybridized carbons (Fsp3) is 0.345. The Kier molecular flexibility index (Phi) is 7.07. The Morgan fingerprint density at radius 1 is 1.12 bits per heavy atom. The maximum atomic E-state index is 13.7. The molecule has 1 aliphatic carbocycles. The number of methoxy groups -OCH3 is 1. The van der Waals surface area contributed by atoms with Crippen LogP contribution < -0.4 is 9.47 Å². The van der Waals surface area contributed by atoms with Gasteiger partial charge in [-0.25, -0.2) is 0 Å². The van der Waals surface area contributed by atoms with Crippen LogP contribution in [0, 0.1) is 0 Å². The van der Waals surface area contributed by atoms with Gasteiger partial charge in [0.25, 0.3) is 0 Å². The van der Waals surface area contributed by atoms with E-state index in [-0.39, 0.29) is 37.5 Å². The number of nitrogens with zero attached hydrogens (tertiary/aromatic N) is 1. The Morgan fingerprint density at radius 3 is 2.55 bits per heavy atom. The summed E-state index contributed by atoms with van der Waals surface area (Å²) in [6.45, 7) is 1.27. The van der Waals surface area contributed by atoms with Crippen molar-refractivity contribution in [3.8, 4) is 11.5 Å². The van der Waals surface area contributed by atoms with Crippen LogP contribution in [-0.4, -0.2) is 60.8 Å². The largest absolute Gasteiger partial charge is 0.493 e. The molecule has 1 fully saturated rings. The van der Waals surface area contributed by atoms with Gasteiger partial charge in [0.2, 0.25) is 12.6 Å². The summed E-state index contributed by atoms with van der Waals surface area (Å²) in [5.74, 6) is -3.24. The lowest BCUT2D eigenvalue weighted by atomic mass is 9.75. The molecular weight excluding hydrogens is 531 g/mol. The van der Waals surface area contributed by atoms with Crippen molar-refractivity contribution in [1.29, 1.82) is 0 Å². The number of hydrogen-bond acceptors (Lipinski definition) is 7. The van der Waals surface area contributed by atoms with Crippen LogP contribution in [0.15, 0.2) is 72.0 Å².